The fraction of sp³-hybridized carbons (Fsp3) is 0.667. The Morgan fingerprint density at radius 3 is 2.43 bits per heavy atom. The third-order valence-corrected chi connectivity index (χ3v) is 3.95. The molecule has 0 aromatic carbocycles. The molecule has 2 aliphatic rings. The van der Waals surface area contributed by atoms with Crippen LogP contribution in [0.3, 0.4) is 0 Å². The number of amides is 3. The maximum atomic E-state index is 12.1. The van der Waals surface area contributed by atoms with E-state index < -0.39 is 0 Å². The van der Waals surface area contributed by atoms with E-state index in [1.54, 1.807) is 4.90 Å². The molecule has 114 valence electrons. The van der Waals surface area contributed by atoms with Crippen molar-refractivity contribution >= 4 is 17.7 Å². The van der Waals surface area contributed by atoms with Crippen LogP contribution >= 0.6 is 0 Å². The van der Waals surface area contributed by atoms with E-state index in [1.807, 2.05) is 0 Å². The Bertz CT molecular complexity index is 445. The molecule has 0 bridgehead atoms. The van der Waals surface area contributed by atoms with E-state index in [1.165, 1.54) is 0 Å². The molecule has 0 aromatic rings. The fourth-order valence-corrected chi connectivity index (χ4v) is 2.67. The van der Waals surface area contributed by atoms with Crippen LogP contribution in [0.15, 0.2) is 0 Å². The summed E-state index contributed by atoms with van der Waals surface area (Å²) in [6.07, 6.45) is 7.28. The SMILES string of the molecule is C#CCOCC1CCN(C(=O)CN2C(=O)CCC2=O)CC1. The van der Waals surface area contributed by atoms with Crippen LogP contribution in [-0.4, -0.2) is 60.4 Å². The first kappa shape index (κ1) is 15.5. The molecule has 0 saturated carbocycles. The van der Waals surface area contributed by atoms with Crippen LogP contribution in [0.4, 0.5) is 0 Å². The number of carbonyl (C=O) groups excluding carboxylic acids is 3. The van der Waals surface area contributed by atoms with Crippen molar-refractivity contribution in [1.82, 2.24) is 9.80 Å². The van der Waals surface area contributed by atoms with Gasteiger partial charge in [0, 0.05) is 25.9 Å². The molecule has 6 nitrogen and oxygen atoms in total. The molecule has 0 aliphatic carbocycles. The summed E-state index contributed by atoms with van der Waals surface area (Å²) in [5.74, 6) is 2.20. The van der Waals surface area contributed by atoms with Gasteiger partial charge >= 0.3 is 0 Å². The smallest absolute Gasteiger partial charge is 0.242 e. The van der Waals surface area contributed by atoms with Crippen molar-refractivity contribution in [2.75, 3.05) is 32.8 Å². The molecule has 3 amide bonds. The standard InChI is InChI=1S/C15H20N2O4/c1-2-9-21-11-12-5-7-16(8-6-12)15(20)10-17-13(18)3-4-14(17)19/h1,12H,3-11H2. The van der Waals surface area contributed by atoms with Gasteiger partial charge in [-0.25, -0.2) is 0 Å². The second kappa shape index (κ2) is 7.23. The first-order valence-electron chi connectivity index (χ1n) is 7.24. The van der Waals surface area contributed by atoms with Crippen LogP contribution in [0.25, 0.3) is 0 Å². The highest BCUT2D eigenvalue weighted by molar-refractivity contribution is 6.04. The van der Waals surface area contributed by atoms with Crippen molar-refractivity contribution in [2.24, 2.45) is 5.92 Å². The number of likely N-dealkylation sites (tertiary alicyclic amines) is 2. The van der Waals surface area contributed by atoms with Crippen molar-refractivity contribution < 1.29 is 19.1 Å². The predicted molar refractivity (Wildman–Crippen MR) is 74.9 cm³/mol. The minimum absolute atomic E-state index is 0.115. The number of ether oxygens (including phenoxy) is 1. The average molecular weight is 292 g/mol. The van der Waals surface area contributed by atoms with Crippen LogP contribution in [0, 0.1) is 18.3 Å². The van der Waals surface area contributed by atoms with Gasteiger partial charge in [-0.1, -0.05) is 5.92 Å². The fourth-order valence-electron chi connectivity index (χ4n) is 2.67. The molecule has 0 radical (unpaired) electrons. The zero-order valence-corrected chi connectivity index (χ0v) is 12.0. The van der Waals surface area contributed by atoms with Gasteiger partial charge in [-0.05, 0) is 18.8 Å². The molecule has 0 N–H and O–H groups in total. The Morgan fingerprint density at radius 2 is 1.86 bits per heavy atom. The number of terminal acetylenes is 1. The summed E-state index contributed by atoms with van der Waals surface area (Å²) in [6.45, 7) is 2.10. The molecule has 21 heavy (non-hydrogen) atoms. The number of carbonyl (C=O) groups is 3. The number of hydrogen-bond donors (Lipinski definition) is 0. The van der Waals surface area contributed by atoms with E-state index in [-0.39, 0.29) is 37.1 Å². The maximum absolute atomic E-state index is 12.1. The van der Waals surface area contributed by atoms with Gasteiger partial charge in [-0.3, -0.25) is 19.3 Å². The van der Waals surface area contributed by atoms with E-state index >= 15 is 0 Å². The summed E-state index contributed by atoms with van der Waals surface area (Å²) < 4.78 is 5.32. The van der Waals surface area contributed by atoms with Gasteiger partial charge < -0.3 is 9.64 Å². The average Bonchev–Trinajstić information content (AvgIpc) is 2.80. The molecule has 6 heteroatoms. The highest BCUT2D eigenvalue weighted by Gasteiger charge is 2.32. The molecule has 0 aromatic heterocycles. The van der Waals surface area contributed by atoms with Crippen LogP contribution in [-0.2, 0) is 19.1 Å². The summed E-state index contributed by atoms with van der Waals surface area (Å²) in [5, 5.41) is 0. The Hall–Kier alpha value is -1.87. The lowest BCUT2D eigenvalue weighted by atomic mass is 9.98. The van der Waals surface area contributed by atoms with Gasteiger partial charge in [-0.15, -0.1) is 6.42 Å². The molecule has 0 spiro atoms. The Labute approximate surface area is 124 Å². The van der Waals surface area contributed by atoms with Crippen molar-refractivity contribution in [3.8, 4) is 12.3 Å². The molecular weight excluding hydrogens is 272 g/mol. The normalized spacial score (nSPS) is 20.0. The van der Waals surface area contributed by atoms with E-state index in [2.05, 4.69) is 5.92 Å². The summed E-state index contributed by atoms with van der Waals surface area (Å²) >= 11 is 0. The van der Waals surface area contributed by atoms with Gasteiger partial charge in [-0.2, -0.15) is 0 Å². The largest absolute Gasteiger partial charge is 0.369 e. The number of nitrogens with zero attached hydrogens (tertiary/aromatic N) is 2. The van der Waals surface area contributed by atoms with Crippen LogP contribution < -0.4 is 0 Å². The zero-order chi connectivity index (χ0) is 15.2. The Morgan fingerprint density at radius 1 is 1.24 bits per heavy atom. The van der Waals surface area contributed by atoms with Crippen molar-refractivity contribution in [3.63, 3.8) is 0 Å². The molecule has 2 rings (SSSR count). The number of piperidine rings is 1. The van der Waals surface area contributed by atoms with Crippen LogP contribution in [0.2, 0.25) is 0 Å². The first-order valence-corrected chi connectivity index (χ1v) is 7.24. The monoisotopic (exact) mass is 292 g/mol. The quantitative estimate of drug-likeness (QED) is 0.407. The van der Waals surface area contributed by atoms with Gasteiger partial charge in [0.05, 0.1) is 6.61 Å². The number of rotatable bonds is 5. The maximum Gasteiger partial charge on any atom is 0.242 e. The second-order valence-corrected chi connectivity index (χ2v) is 5.42. The Kier molecular flexibility index (Phi) is 5.34. The van der Waals surface area contributed by atoms with Crippen molar-refractivity contribution in [2.45, 2.75) is 25.7 Å². The lowest BCUT2D eigenvalue weighted by molar-refractivity contribution is -0.146. The molecule has 0 atom stereocenters. The van der Waals surface area contributed by atoms with Gasteiger partial charge in [0.1, 0.15) is 13.2 Å². The minimum atomic E-state index is -0.245. The van der Waals surface area contributed by atoms with E-state index in [4.69, 9.17) is 11.2 Å². The highest BCUT2D eigenvalue weighted by atomic mass is 16.5. The van der Waals surface area contributed by atoms with Crippen molar-refractivity contribution in [1.29, 1.82) is 0 Å². The predicted octanol–water partition coefficient (Wildman–Crippen LogP) is 0.0238. The number of hydrogen-bond acceptors (Lipinski definition) is 4. The number of imide groups is 1. The molecule has 2 heterocycles. The second-order valence-electron chi connectivity index (χ2n) is 5.42. The topological polar surface area (TPSA) is 66.9 Å². The van der Waals surface area contributed by atoms with E-state index in [0.29, 0.717) is 32.2 Å². The van der Waals surface area contributed by atoms with E-state index in [9.17, 15) is 14.4 Å². The highest BCUT2D eigenvalue weighted by Crippen LogP contribution is 2.18. The zero-order valence-electron chi connectivity index (χ0n) is 12.0. The summed E-state index contributed by atoms with van der Waals surface area (Å²) in [6, 6.07) is 0. The lowest BCUT2D eigenvalue weighted by Crippen LogP contribution is -2.45. The third kappa shape index (κ3) is 4.05. The molecule has 2 saturated heterocycles. The molecular formula is C15H20N2O4. The Balaban J connectivity index is 1.74. The van der Waals surface area contributed by atoms with Crippen LogP contribution in [0.5, 0.6) is 0 Å². The molecule has 2 aliphatic heterocycles. The van der Waals surface area contributed by atoms with Gasteiger partial charge in [0.2, 0.25) is 17.7 Å². The third-order valence-electron chi connectivity index (χ3n) is 3.95. The minimum Gasteiger partial charge on any atom is -0.369 e. The van der Waals surface area contributed by atoms with Gasteiger partial charge in [0.15, 0.2) is 0 Å². The summed E-state index contributed by atoms with van der Waals surface area (Å²) in [7, 11) is 0. The lowest BCUT2D eigenvalue weighted by Gasteiger charge is -2.32. The van der Waals surface area contributed by atoms with E-state index in [0.717, 1.165) is 17.7 Å². The van der Waals surface area contributed by atoms with Crippen molar-refractivity contribution in [3.05, 3.63) is 0 Å². The van der Waals surface area contributed by atoms with Gasteiger partial charge in [0.25, 0.3) is 0 Å². The summed E-state index contributed by atoms with van der Waals surface area (Å²) in [5.41, 5.74) is 0. The van der Waals surface area contributed by atoms with Crippen LogP contribution in [0.1, 0.15) is 25.7 Å². The summed E-state index contributed by atoms with van der Waals surface area (Å²) in [4.78, 5) is 37.9. The molecule has 0 unspecified atom stereocenters. The molecule has 2 fully saturated rings. The first-order chi connectivity index (χ1) is 10.1.